The maximum absolute atomic E-state index is 13.1. The fourth-order valence-corrected chi connectivity index (χ4v) is 4.43. The number of rotatable bonds is 4. The number of alkyl halides is 5. The molecule has 0 bridgehead atoms. The van der Waals surface area contributed by atoms with E-state index < -0.39 is 24.8 Å². The second kappa shape index (κ2) is 7.27. The van der Waals surface area contributed by atoms with Gasteiger partial charge < -0.3 is 9.80 Å². The number of fused-ring (bicyclic) bond motifs is 2. The van der Waals surface area contributed by atoms with E-state index in [4.69, 9.17) is 0 Å². The van der Waals surface area contributed by atoms with Crippen molar-refractivity contribution in [2.24, 2.45) is 5.92 Å². The van der Waals surface area contributed by atoms with E-state index in [9.17, 15) is 22.0 Å². The smallest absolute Gasteiger partial charge is 0.353 e. The van der Waals surface area contributed by atoms with E-state index in [-0.39, 0.29) is 17.6 Å². The molecule has 2 unspecified atom stereocenters. The Morgan fingerprint density at radius 2 is 1.90 bits per heavy atom. The molecule has 31 heavy (non-hydrogen) atoms. The quantitative estimate of drug-likeness (QED) is 0.582. The summed E-state index contributed by atoms with van der Waals surface area (Å²) in [7, 11) is 0. The van der Waals surface area contributed by atoms with E-state index in [2.05, 4.69) is 20.1 Å². The van der Waals surface area contributed by atoms with Crippen LogP contribution in [0.15, 0.2) is 30.6 Å². The van der Waals surface area contributed by atoms with E-state index in [1.165, 1.54) is 12.3 Å². The predicted molar refractivity (Wildman–Crippen MR) is 102 cm³/mol. The summed E-state index contributed by atoms with van der Waals surface area (Å²) in [5.74, 6) is 1.08. The third-order valence-electron chi connectivity index (χ3n) is 5.83. The Morgan fingerprint density at radius 1 is 1.06 bits per heavy atom. The van der Waals surface area contributed by atoms with Crippen LogP contribution in [0.3, 0.4) is 0 Å². The predicted octanol–water partition coefficient (Wildman–Crippen LogP) is 3.22. The van der Waals surface area contributed by atoms with Crippen LogP contribution in [0, 0.1) is 5.92 Å². The minimum absolute atomic E-state index is 0.0144. The van der Waals surface area contributed by atoms with Gasteiger partial charge in [-0.2, -0.15) is 18.3 Å². The summed E-state index contributed by atoms with van der Waals surface area (Å²) in [4.78, 5) is 16.5. The lowest BCUT2D eigenvalue weighted by Crippen LogP contribution is -2.36. The molecule has 5 rings (SSSR count). The Kier molecular flexibility index (Phi) is 4.67. The molecule has 0 spiro atoms. The largest absolute Gasteiger partial charge is 0.433 e. The van der Waals surface area contributed by atoms with Gasteiger partial charge in [0.1, 0.15) is 29.4 Å². The van der Waals surface area contributed by atoms with Crippen LogP contribution in [0.2, 0.25) is 0 Å². The van der Waals surface area contributed by atoms with Gasteiger partial charge in [0.2, 0.25) is 0 Å². The lowest BCUT2D eigenvalue weighted by molar-refractivity contribution is -0.141. The lowest BCUT2D eigenvalue weighted by atomic mass is 10.1. The molecule has 5 heterocycles. The molecule has 0 aliphatic carbocycles. The first-order chi connectivity index (χ1) is 14.8. The monoisotopic (exact) mass is 439 g/mol. The van der Waals surface area contributed by atoms with E-state index in [1.807, 2.05) is 9.80 Å². The Balaban J connectivity index is 1.38. The van der Waals surface area contributed by atoms with Crippen LogP contribution < -0.4 is 9.80 Å². The summed E-state index contributed by atoms with van der Waals surface area (Å²) >= 11 is 0. The molecule has 2 aliphatic heterocycles. The maximum atomic E-state index is 13.1. The highest BCUT2D eigenvalue weighted by molar-refractivity contribution is 5.71. The molecule has 0 N–H and O–H groups in total. The van der Waals surface area contributed by atoms with Crippen LogP contribution >= 0.6 is 0 Å². The van der Waals surface area contributed by atoms with Crippen molar-refractivity contribution in [2.45, 2.75) is 31.6 Å². The number of hydrogen-bond acceptors (Lipinski definition) is 6. The Hall–Kier alpha value is -3.05. The molecule has 164 valence electrons. The van der Waals surface area contributed by atoms with Gasteiger partial charge in [-0.3, -0.25) is 0 Å². The van der Waals surface area contributed by atoms with Crippen molar-refractivity contribution in [3.8, 4) is 0 Å². The molecule has 0 aromatic carbocycles. The van der Waals surface area contributed by atoms with Crippen LogP contribution in [-0.4, -0.2) is 56.8 Å². The number of anilines is 2. The van der Waals surface area contributed by atoms with Crippen molar-refractivity contribution in [3.05, 3.63) is 36.3 Å². The van der Waals surface area contributed by atoms with Gasteiger partial charge in [-0.25, -0.2) is 28.4 Å². The van der Waals surface area contributed by atoms with Gasteiger partial charge in [0.25, 0.3) is 6.43 Å². The van der Waals surface area contributed by atoms with E-state index in [0.717, 1.165) is 17.2 Å². The summed E-state index contributed by atoms with van der Waals surface area (Å²) in [6.07, 6.45) is -3.27. The van der Waals surface area contributed by atoms with Crippen molar-refractivity contribution in [3.63, 3.8) is 0 Å². The molecule has 2 saturated heterocycles. The highest BCUT2D eigenvalue weighted by Gasteiger charge is 2.43. The van der Waals surface area contributed by atoms with Crippen LogP contribution in [0.4, 0.5) is 33.6 Å². The summed E-state index contributed by atoms with van der Waals surface area (Å²) in [5.41, 5.74) is -0.197. The third-order valence-corrected chi connectivity index (χ3v) is 5.83. The van der Waals surface area contributed by atoms with Crippen molar-refractivity contribution in [1.82, 2.24) is 24.7 Å². The molecule has 0 saturated carbocycles. The highest BCUT2D eigenvalue weighted by atomic mass is 19.4. The summed E-state index contributed by atoms with van der Waals surface area (Å²) in [6.45, 7) is 1.25. The molecular weight excluding hydrogens is 421 g/mol. The van der Waals surface area contributed by atoms with Crippen molar-refractivity contribution < 1.29 is 22.0 Å². The number of nitrogens with zero attached hydrogens (tertiary/aromatic N) is 7. The van der Waals surface area contributed by atoms with Crippen molar-refractivity contribution in [1.29, 1.82) is 0 Å². The van der Waals surface area contributed by atoms with Gasteiger partial charge in [-0.05, 0) is 18.6 Å². The number of hydrogen-bond donors (Lipinski definition) is 0. The fraction of sp³-hybridized carbons (Fsp3) is 0.474. The van der Waals surface area contributed by atoms with E-state index in [0.29, 0.717) is 36.8 Å². The molecule has 12 heteroatoms. The molecule has 0 radical (unpaired) electrons. The SMILES string of the molecule is FC(F)Cn1ncc2ncc(N3CC4CCN(c5cccc(C(F)(F)F)n5)C4C3)nc21. The first-order valence-electron chi connectivity index (χ1n) is 9.82. The molecule has 7 nitrogen and oxygen atoms in total. The topological polar surface area (TPSA) is 63.0 Å². The second-order valence-electron chi connectivity index (χ2n) is 7.75. The Labute approximate surface area is 173 Å². The summed E-state index contributed by atoms with van der Waals surface area (Å²) in [6, 6.07) is 3.91. The minimum atomic E-state index is -4.50. The standard InChI is InChI=1S/C19H18F5N7/c20-15(21)10-31-18-12(6-26-31)25-7-17(28-18)29-8-11-4-5-30(13(11)9-29)16-3-1-2-14(27-16)19(22,23)24/h1-3,6-7,11,13,15H,4-5,8-10H2. The molecule has 3 aromatic rings. The van der Waals surface area contributed by atoms with Gasteiger partial charge in [-0.1, -0.05) is 6.07 Å². The zero-order chi connectivity index (χ0) is 21.8. The third kappa shape index (κ3) is 3.63. The van der Waals surface area contributed by atoms with Gasteiger partial charge in [-0.15, -0.1) is 0 Å². The number of aromatic nitrogens is 5. The van der Waals surface area contributed by atoms with Crippen LogP contribution in [0.25, 0.3) is 11.2 Å². The average molecular weight is 439 g/mol. The number of pyridine rings is 1. The molecule has 3 aromatic heterocycles. The van der Waals surface area contributed by atoms with Gasteiger partial charge in [0.15, 0.2) is 5.65 Å². The molecule has 2 atom stereocenters. The average Bonchev–Trinajstić information content (AvgIpc) is 3.41. The molecule has 2 aliphatic rings. The molecular formula is C19H18F5N7. The molecule has 2 fully saturated rings. The highest BCUT2D eigenvalue weighted by Crippen LogP contribution is 2.37. The Bertz CT molecular complexity index is 1100. The van der Waals surface area contributed by atoms with Crippen LogP contribution in [0.1, 0.15) is 12.1 Å². The van der Waals surface area contributed by atoms with Gasteiger partial charge >= 0.3 is 6.18 Å². The summed E-state index contributed by atoms with van der Waals surface area (Å²) < 4.78 is 65.9. The van der Waals surface area contributed by atoms with Crippen molar-refractivity contribution >= 4 is 22.8 Å². The summed E-state index contributed by atoms with van der Waals surface area (Å²) in [5, 5.41) is 3.92. The van der Waals surface area contributed by atoms with E-state index in [1.54, 1.807) is 12.3 Å². The van der Waals surface area contributed by atoms with Gasteiger partial charge in [0.05, 0.1) is 18.4 Å². The zero-order valence-electron chi connectivity index (χ0n) is 16.2. The molecule has 0 amide bonds. The van der Waals surface area contributed by atoms with Crippen LogP contribution in [0.5, 0.6) is 0 Å². The first-order valence-corrected chi connectivity index (χ1v) is 9.82. The van der Waals surface area contributed by atoms with E-state index >= 15 is 0 Å². The zero-order valence-corrected chi connectivity index (χ0v) is 16.2. The van der Waals surface area contributed by atoms with Crippen molar-refractivity contribution in [2.75, 3.05) is 29.4 Å². The van der Waals surface area contributed by atoms with Crippen LogP contribution in [-0.2, 0) is 12.7 Å². The number of halogens is 5. The fourth-order valence-electron chi connectivity index (χ4n) is 4.43. The maximum Gasteiger partial charge on any atom is 0.433 e. The lowest BCUT2D eigenvalue weighted by Gasteiger charge is -2.26. The minimum Gasteiger partial charge on any atom is -0.353 e. The first kappa shape index (κ1) is 19.9. The van der Waals surface area contributed by atoms with Gasteiger partial charge in [0, 0.05) is 25.6 Å². The second-order valence-corrected chi connectivity index (χ2v) is 7.75. The Morgan fingerprint density at radius 3 is 2.68 bits per heavy atom. The normalized spacial score (nSPS) is 21.5.